The number of hydrazone groups is 1. The molecule has 0 radical (unpaired) electrons. The summed E-state index contributed by atoms with van der Waals surface area (Å²) in [6, 6.07) is 20.7. The van der Waals surface area contributed by atoms with Crippen molar-refractivity contribution in [3.63, 3.8) is 0 Å². The number of aromatic nitrogens is 3. The van der Waals surface area contributed by atoms with Crippen molar-refractivity contribution in [3.05, 3.63) is 89.5 Å². The lowest BCUT2D eigenvalue weighted by molar-refractivity contribution is -0.274. The summed E-state index contributed by atoms with van der Waals surface area (Å²) in [5.41, 5.74) is 13.3. The van der Waals surface area contributed by atoms with Crippen LogP contribution in [0.1, 0.15) is 36.5 Å². The molecule has 0 bridgehead atoms. The fraction of sp³-hybridized carbons (Fsp3) is 0.185. The summed E-state index contributed by atoms with van der Waals surface area (Å²) in [6.45, 7) is 4.31. The van der Waals surface area contributed by atoms with E-state index < -0.39 is 6.36 Å². The van der Waals surface area contributed by atoms with E-state index >= 15 is 0 Å². The maximum atomic E-state index is 12.4. The van der Waals surface area contributed by atoms with Gasteiger partial charge in [-0.25, -0.2) is 0 Å². The van der Waals surface area contributed by atoms with E-state index in [1.165, 1.54) is 40.1 Å². The predicted octanol–water partition coefficient (Wildman–Crippen LogP) is 6.03. The number of nitrogens with zero attached hydrogens (tertiary/aromatic N) is 4. The van der Waals surface area contributed by atoms with Gasteiger partial charge < -0.3 is 10.5 Å². The van der Waals surface area contributed by atoms with Gasteiger partial charge in [-0.2, -0.15) is 14.8 Å². The first kappa shape index (κ1) is 26.8. The molecule has 11 heteroatoms. The zero-order valence-corrected chi connectivity index (χ0v) is 21.4. The minimum absolute atomic E-state index is 0.0897. The molecule has 0 fully saturated rings. The number of rotatable bonds is 8. The van der Waals surface area contributed by atoms with E-state index in [2.05, 4.69) is 51.3 Å². The van der Waals surface area contributed by atoms with Gasteiger partial charge in [0.1, 0.15) is 10.7 Å². The summed E-state index contributed by atoms with van der Waals surface area (Å²) >= 11 is 5.45. The van der Waals surface area contributed by atoms with Crippen molar-refractivity contribution in [2.45, 2.75) is 32.5 Å². The van der Waals surface area contributed by atoms with Crippen LogP contribution < -0.4 is 15.9 Å². The van der Waals surface area contributed by atoms with Gasteiger partial charge in [-0.15, -0.1) is 18.3 Å². The minimum atomic E-state index is -4.76. The molecule has 0 aliphatic heterocycles. The van der Waals surface area contributed by atoms with Crippen molar-refractivity contribution in [2.75, 3.05) is 5.73 Å². The van der Waals surface area contributed by atoms with Crippen molar-refractivity contribution in [3.8, 4) is 22.8 Å². The molecule has 3 N–H and O–H groups in total. The first-order valence-electron chi connectivity index (χ1n) is 11.7. The third kappa shape index (κ3) is 6.94. The van der Waals surface area contributed by atoms with Crippen LogP contribution in [-0.4, -0.2) is 32.3 Å². The third-order valence-corrected chi connectivity index (χ3v) is 5.78. The van der Waals surface area contributed by atoms with Crippen LogP contribution in [0.5, 0.6) is 5.75 Å². The van der Waals surface area contributed by atoms with E-state index in [0.29, 0.717) is 34.4 Å². The van der Waals surface area contributed by atoms with E-state index in [1.807, 2.05) is 36.4 Å². The van der Waals surface area contributed by atoms with Crippen molar-refractivity contribution in [1.29, 1.82) is 0 Å². The van der Waals surface area contributed by atoms with Crippen molar-refractivity contribution in [1.82, 2.24) is 20.2 Å². The van der Waals surface area contributed by atoms with Crippen LogP contribution >= 0.6 is 12.2 Å². The third-order valence-electron chi connectivity index (χ3n) is 5.55. The van der Waals surface area contributed by atoms with Crippen LogP contribution in [0.3, 0.4) is 0 Å². The number of hydrogen-bond acceptors (Lipinski definition) is 6. The number of nitrogens with one attached hydrogen (secondary N) is 1. The van der Waals surface area contributed by atoms with Gasteiger partial charge in [0.15, 0.2) is 5.82 Å². The fourth-order valence-corrected chi connectivity index (χ4v) is 4.00. The van der Waals surface area contributed by atoms with Gasteiger partial charge in [0.05, 0.1) is 11.9 Å². The second-order valence-corrected chi connectivity index (χ2v) is 9.19. The SMILES string of the molecule is CC(C)c1ccccc1CC(=S)NN=Cc1ccc(-c2nc(N)n(-c3ccc(OC(F)(F)F)cc3)n2)cc1. The lowest BCUT2D eigenvalue weighted by Crippen LogP contribution is -2.18. The van der Waals surface area contributed by atoms with Crippen molar-refractivity contribution >= 4 is 29.4 Å². The number of anilines is 1. The standard InChI is InChI=1S/C27H25F3N6OS/c1-17(2)23-6-4-3-5-20(23)15-24(38)34-32-16-18-7-9-19(10-8-18)25-33-26(31)36(35-25)21-11-13-22(14-12-21)37-27(28,29)30/h3-14,16-17H,15H2,1-2H3,(H,34,38)(H2,31,33,35). The van der Waals surface area contributed by atoms with Crippen LogP contribution in [0.4, 0.5) is 19.1 Å². The van der Waals surface area contributed by atoms with E-state index in [9.17, 15) is 13.2 Å². The molecule has 0 atom stereocenters. The quantitative estimate of drug-likeness (QED) is 0.162. The van der Waals surface area contributed by atoms with Crippen LogP contribution in [0.15, 0.2) is 77.9 Å². The summed E-state index contributed by atoms with van der Waals surface area (Å²) in [6.07, 6.45) is -2.50. The Morgan fingerprint density at radius 3 is 2.42 bits per heavy atom. The highest BCUT2D eigenvalue weighted by Gasteiger charge is 2.31. The van der Waals surface area contributed by atoms with E-state index in [4.69, 9.17) is 18.0 Å². The molecular weight excluding hydrogens is 513 g/mol. The molecule has 1 heterocycles. The summed E-state index contributed by atoms with van der Waals surface area (Å²) in [5.74, 6) is 0.523. The van der Waals surface area contributed by atoms with Crippen LogP contribution in [0.2, 0.25) is 0 Å². The number of nitrogen functional groups attached to an aromatic ring is 1. The number of nitrogens with two attached hydrogens (primary N) is 1. The smallest absolute Gasteiger partial charge is 0.406 e. The molecule has 0 unspecified atom stereocenters. The fourth-order valence-electron chi connectivity index (χ4n) is 3.79. The number of benzene rings is 3. The van der Waals surface area contributed by atoms with Crippen molar-refractivity contribution in [2.24, 2.45) is 5.10 Å². The van der Waals surface area contributed by atoms with Crippen molar-refractivity contribution < 1.29 is 17.9 Å². The zero-order chi connectivity index (χ0) is 27.3. The highest BCUT2D eigenvalue weighted by Crippen LogP contribution is 2.25. The average molecular weight is 539 g/mol. The molecule has 38 heavy (non-hydrogen) atoms. The Morgan fingerprint density at radius 2 is 1.76 bits per heavy atom. The Morgan fingerprint density at radius 1 is 1.08 bits per heavy atom. The summed E-state index contributed by atoms with van der Waals surface area (Å²) in [7, 11) is 0. The van der Waals surface area contributed by atoms with Gasteiger partial charge in [0.25, 0.3) is 0 Å². The first-order chi connectivity index (χ1) is 18.1. The average Bonchev–Trinajstić information content (AvgIpc) is 3.25. The second kappa shape index (κ2) is 11.4. The molecule has 4 aromatic rings. The predicted molar refractivity (Wildman–Crippen MR) is 145 cm³/mol. The molecule has 0 aliphatic carbocycles. The molecule has 0 amide bonds. The summed E-state index contributed by atoms with van der Waals surface area (Å²) in [4.78, 5) is 4.89. The topological polar surface area (TPSA) is 90.3 Å². The van der Waals surface area contributed by atoms with Gasteiger partial charge in [-0.3, -0.25) is 5.43 Å². The number of ether oxygens (including phenoxy) is 1. The molecule has 7 nitrogen and oxygen atoms in total. The number of hydrogen-bond donors (Lipinski definition) is 2. The lowest BCUT2D eigenvalue weighted by Gasteiger charge is -2.12. The lowest BCUT2D eigenvalue weighted by atomic mass is 9.95. The molecule has 0 spiro atoms. The Labute approximate surface area is 223 Å². The van der Waals surface area contributed by atoms with E-state index in [1.54, 1.807) is 6.21 Å². The maximum Gasteiger partial charge on any atom is 0.573 e. The zero-order valence-electron chi connectivity index (χ0n) is 20.6. The van der Waals surface area contributed by atoms with Crippen LogP contribution in [-0.2, 0) is 6.42 Å². The Kier molecular flexibility index (Phi) is 8.06. The highest BCUT2D eigenvalue weighted by atomic mass is 32.1. The molecule has 0 saturated carbocycles. The Hall–Kier alpha value is -4.25. The highest BCUT2D eigenvalue weighted by molar-refractivity contribution is 7.80. The summed E-state index contributed by atoms with van der Waals surface area (Å²) in [5, 5.41) is 8.63. The monoisotopic (exact) mass is 538 g/mol. The maximum absolute atomic E-state index is 12.4. The van der Waals surface area contributed by atoms with Crippen LogP contribution in [0.25, 0.3) is 17.1 Å². The Balaban J connectivity index is 1.38. The Bertz CT molecular complexity index is 1430. The molecule has 1 aromatic heterocycles. The molecule has 0 saturated heterocycles. The van der Waals surface area contributed by atoms with Gasteiger partial charge in [-0.1, -0.05) is 74.6 Å². The van der Waals surface area contributed by atoms with Gasteiger partial charge >= 0.3 is 6.36 Å². The summed E-state index contributed by atoms with van der Waals surface area (Å²) < 4.78 is 42.4. The van der Waals surface area contributed by atoms with Crippen LogP contribution in [0, 0.1) is 0 Å². The number of alkyl halides is 3. The van der Waals surface area contributed by atoms with Gasteiger partial charge in [-0.05, 0) is 46.9 Å². The molecular formula is C27H25F3N6OS. The minimum Gasteiger partial charge on any atom is -0.406 e. The normalized spacial score (nSPS) is 11.7. The van der Waals surface area contributed by atoms with E-state index in [-0.39, 0.29) is 11.7 Å². The molecule has 3 aromatic carbocycles. The number of halogens is 3. The second-order valence-electron chi connectivity index (χ2n) is 8.69. The largest absolute Gasteiger partial charge is 0.573 e. The van der Waals surface area contributed by atoms with Gasteiger partial charge in [0.2, 0.25) is 5.95 Å². The molecule has 0 aliphatic rings. The van der Waals surface area contributed by atoms with E-state index in [0.717, 1.165) is 5.56 Å². The van der Waals surface area contributed by atoms with Gasteiger partial charge in [0, 0.05) is 12.0 Å². The molecule has 196 valence electrons. The number of thiocarbonyl (C=S) groups is 1. The molecule has 4 rings (SSSR count). The first-order valence-corrected chi connectivity index (χ1v) is 12.1.